The Labute approximate surface area is 248 Å². The van der Waals surface area contributed by atoms with Crippen LogP contribution in [0.25, 0.3) is 0 Å². The molecule has 0 aromatic heterocycles. The van der Waals surface area contributed by atoms with Gasteiger partial charge in [0, 0.05) is 23.5 Å². The second kappa shape index (κ2) is 19.4. The first-order chi connectivity index (χ1) is 19.8. The van der Waals surface area contributed by atoms with Crippen LogP contribution < -0.4 is 0 Å². The molecule has 0 heterocycles. The molecule has 1 atom stereocenters. The highest BCUT2D eigenvalue weighted by Gasteiger charge is 2.26. The van der Waals surface area contributed by atoms with Crippen molar-refractivity contribution in [3.05, 3.63) is 29.8 Å². The minimum Gasteiger partial charge on any atom is -0.480 e. The van der Waals surface area contributed by atoms with Crippen LogP contribution in [-0.2, 0) is 30.4 Å². The molecule has 1 aromatic carbocycles. The summed E-state index contributed by atoms with van der Waals surface area (Å²) in [5.41, 5.74) is 0.826. The van der Waals surface area contributed by atoms with Gasteiger partial charge in [0.25, 0.3) is 0 Å². The van der Waals surface area contributed by atoms with E-state index >= 15 is 0 Å². The van der Waals surface area contributed by atoms with Crippen molar-refractivity contribution in [3.8, 4) is 5.40 Å². The summed E-state index contributed by atoms with van der Waals surface area (Å²) in [5, 5.41) is 55.2. The molecule has 1 saturated carbocycles. The Morgan fingerprint density at radius 3 is 1.71 bits per heavy atom. The van der Waals surface area contributed by atoms with E-state index in [-0.39, 0.29) is 32.2 Å². The van der Waals surface area contributed by atoms with Gasteiger partial charge < -0.3 is 25.5 Å². The molecule has 5 N–H and O–H groups in total. The Balaban J connectivity index is 0.000000495. The van der Waals surface area contributed by atoms with Crippen molar-refractivity contribution in [2.24, 2.45) is 0 Å². The van der Waals surface area contributed by atoms with Crippen LogP contribution in [0.2, 0.25) is 0 Å². The molecular formula is C27H38N4O10S. The Bertz CT molecular complexity index is 1060. The molecule has 15 heteroatoms. The van der Waals surface area contributed by atoms with Gasteiger partial charge in [0.05, 0.1) is 32.7 Å². The number of aliphatic carboxylic acids is 5. The second-order valence-corrected chi connectivity index (χ2v) is 10.8. The summed E-state index contributed by atoms with van der Waals surface area (Å²) < 4.78 is 0. The zero-order valence-corrected chi connectivity index (χ0v) is 24.2. The zero-order chi connectivity index (χ0) is 31.7. The van der Waals surface area contributed by atoms with Crippen molar-refractivity contribution in [1.29, 1.82) is 5.26 Å². The van der Waals surface area contributed by atoms with E-state index in [1.165, 1.54) is 16.2 Å². The predicted octanol–water partition coefficient (Wildman–Crippen LogP) is 1.45. The van der Waals surface area contributed by atoms with Gasteiger partial charge in [-0.1, -0.05) is 31.4 Å². The Morgan fingerprint density at radius 1 is 0.810 bits per heavy atom. The van der Waals surface area contributed by atoms with Crippen LogP contribution in [0.1, 0.15) is 37.7 Å². The lowest BCUT2D eigenvalue weighted by Crippen LogP contribution is -2.49. The van der Waals surface area contributed by atoms with Crippen molar-refractivity contribution >= 4 is 41.6 Å². The quantitative estimate of drug-likeness (QED) is 0.124. The smallest absolute Gasteiger partial charge is 0.317 e. The molecule has 1 aromatic rings. The monoisotopic (exact) mass is 610 g/mol. The molecule has 0 amide bonds. The third-order valence-electron chi connectivity index (χ3n) is 6.45. The molecule has 232 valence electrons. The van der Waals surface area contributed by atoms with Crippen molar-refractivity contribution in [1.82, 2.24) is 14.7 Å². The van der Waals surface area contributed by atoms with Crippen LogP contribution >= 0.6 is 11.8 Å². The van der Waals surface area contributed by atoms with Gasteiger partial charge in [0.15, 0.2) is 0 Å². The van der Waals surface area contributed by atoms with E-state index in [1.807, 2.05) is 5.40 Å². The van der Waals surface area contributed by atoms with E-state index in [0.29, 0.717) is 6.42 Å². The normalized spacial score (nSPS) is 14.1. The number of nitrogens with zero attached hydrogens (tertiary/aromatic N) is 4. The first-order valence-electron chi connectivity index (χ1n) is 13.2. The van der Waals surface area contributed by atoms with Crippen molar-refractivity contribution in [2.75, 3.05) is 46.3 Å². The van der Waals surface area contributed by atoms with Crippen molar-refractivity contribution < 1.29 is 49.5 Å². The van der Waals surface area contributed by atoms with E-state index in [9.17, 15) is 24.0 Å². The first-order valence-corrected chi connectivity index (χ1v) is 14.0. The van der Waals surface area contributed by atoms with Crippen LogP contribution in [0.5, 0.6) is 0 Å². The van der Waals surface area contributed by atoms with Crippen molar-refractivity contribution in [3.63, 3.8) is 0 Å². The maximum absolute atomic E-state index is 11.2. The topological polar surface area (TPSA) is 220 Å². The van der Waals surface area contributed by atoms with Gasteiger partial charge >= 0.3 is 29.8 Å². The number of likely N-dealkylation sites (N-methyl/N-ethyl adjacent to an activating group) is 1. The number of carbonyl (C=O) groups is 5. The van der Waals surface area contributed by atoms with Gasteiger partial charge in [-0.25, -0.2) is 0 Å². The van der Waals surface area contributed by atoms with Crippen LogP contribution in [0.4, 0.5) is 0 Å². The first kappa shape index (κ1) is 36.3. The maximum Gasteiger partial charge on any atom is 0.317 e. The summed E-state index contributed by atoms with van der Waals surface area (Å²) in [6.45, 7) is -1.35. The number of nitriles is 1. The van der Waals surface area contributed by atoms with E-state index in [0.717, 1.165) is 47.9 Å². The van der Waals surface area contributed by atoms with Crippen LogP contribution in [0.15, 0.2) is 29.2 Å². The van der Waals surface area contributed by atoms with E-state index in [1.54, 1.807) is 36.2 Å². The molecule has 1 fully saturated rings. The largest absolute Gasteiger partial charge is 0.480 e. The molecular weight excluding hydrogens is 572 g/mol. The third kappa shape index (κ3) is 15.9. The molecule has 0 spiro atoms. The number of carboxylic acids is 5. The number of rotatable bonds is 17. The van der Waals surface area contributed by atoms with Gasteiger partial charge in [0.2, 0.25) is 0 Å². The molecule has 14 nitrogen and oxygen atoms in total. The fraction of sp³-hybridized carbons (Fsp3) is 0.556. The van der Waals surface area contributed by atoms with E-state index < -0.39 is 49.0 Å². The summed E-state index contributed by atoms with van der Waals surface area (Å²) in [7, 11) is 1.58. The summed E-state index contributed by atoms with van der Waals surface area (Å²) in [6.07, 6.45) is 5.48. The number of hydrogen-bond donors (Lipinski definition) is 5. The summed E-state index contributed by atoms with van der Waals surface area (Å²) in [5.74, 6) is -5.27. The lowest BCUT2D eigenvalue weighted by atomic mass is 9.94. The summed E-state index contributed by atoms with van der Waals surface area (Å²) in [6, 6.07) is 6.68. The molecule has 0 unspecified atom stereocenters. The number of thiocyanates is 1. The van der Waals surface area contributed by atoms with Crippen LogP contribution in [0.3, 0.4) is 0 Å². The number of thioether (sulfide) groups is 1. The van der Waals surface area contributed by atoms with Crippen LogP contribution in [-0.4, -0.2) is 128 Å². The highest BCUT2D eigenvalue weighted by molar-refractivity contribution is 8.03. The predicted molar refractivity (Wildman–Crippen MR) is 151 cm³/mol. The SMILES string of the molecule is CN(CC(=O)O)C[C@@H](Cc1ccc(SC#N)cc1)N(CC(=O)O)CC(=O)O.O=C(O)CN(CC(=O)O)C1CCCCC1. The fourth-order valence-corrected chi connectivity index (χ4v) is 5.13. The standard InChI is InChI=1S/C17H21N3O6S.C10H17NO4/c1-19(8-15(21)22)7-13(20(9-16(23)24)10-17(25)26)6-12-2-4-14(5-3-12)27-11-18;12-9(13)6-11(7-10(14)15)8-4-2-1-3-5-8/h2-5,13H,6-10H2,1H3,(H,21,22)(H,23,24)(H,25,26);8H,1-7H2,(H,12,13)(H,14,15)/t13-;/m1./s1. The number of benzene rings is 1. The van der Waals surface area contributed by atoms with Gasteiger partial charge in [-0.05, 0) is 55.8 Å². The lowest BCUT2D eigenvalue weighted by Gasteiger charge is -2.32. The summed E-state index contributed by atoms with van der Waals surface area (Å²) in [4.78, 5) is 59.5. The third-order valence-corrected chi connectivity index (χ3v) is 7.05. The van der Waals surface area contributed by atoms with Gasteiger partial charge in [-0.3, -0.25) is 38.7 Å². The number of hydrogen-bond acceptors (Lipinski definition) is 10. The Morgan fingerprint density at radius 2 is 1.29 bits per heavy atom. The molecule has 42 heavy (non-hydrogen) atoms. The molecule has 0 radical (unpaired) electrons. The summed E-state index contributed by atoms with van der Waals surface area (Å²) >= 11 is 1.01. The van der Waals surface area contributed by atoms with Gasteiger partial charge in [-0.2, -0.15) is 5.26 Å². The lowest BCUT2D eigenvalue weighted by molar-refractivity contribution is -0.145. The average molecular weight is 611 g/mol. The number of carboxylic acid groups (broad SMARTS) is 5. The van der Waals surface area contributed by atoms with Crippen LogP contribution in [0, 0.1) is 10.7 Å². The zero-order valence-electron chi connectivity index (χ0n) is 23.4. The van der Waals surface area contributed by atoms with Gasteiger partial charge in [0.1, 0.15) is 5.40 Å². The van der Waals surface area contributed by atoms with E-state index in [2.05, 4.69) is 0 Å². The molecule has 0 aliphatic heterocycles. The average Bonchev–Trinajstić information content (AvgIpc) is 2.88. The highest BCUT2D eigenvalue weighted by Crippen LogP contribution is 2.22. The second-order valence-electron chi connectivity index (χ2n) is 9.96. The molecule has 0 bridgehead atoms. The van der Waals surface area contributed by atoms with Gasteiger partial charge in [-0.15, -0.1) is 0 Å². The minimum absolute atomic E-state index is 0.131. The molecule has 1 aliphatic rings. The van der Waals surface area contributed by atoms with Crippen molar-refractivity contribution in [2.45, 2.75) is 55.5 Å². The molecule has 1 aliphatic carbocycles. The highest BCUT2D eigenvalue weighted by atomic mass is 32.2. The fourth-order valence-electron chi connectivity index (χ4n) is 4.75. The Hall–Kier alpha value is -3.71. The van der Waals surface area contributed by atoms with E-state index in [4.69, 9.17) is 30.8 Å². The minimum atomic E-state index is -1.16. The Kier molecular flexibility index (Phi) is 16.8. The molecule has 0 saturated heterocycles. The maximum atomic E-state index is 11.2. The molecule has 2 rings (SSSR count).